The zero-order valence-electron chi connectivity index (χ0n) is 6.20. The molecule has 1 aliphatic heterocycles. The molecule has 0 aromatic heterocycles. The Bertz CT molecular complexity index is 151. The van der Waals surface area contributed by atoms with Gasteiger partial charge in [0.05, 0.1) is 6.61 Å². The van der Waals surface area contributed by atoms with Crippen LogP contribution in [0.25, 0.3) is 0 Å². The van der Waals surface area contributed by atoms with Gasteiger partial charge in [0.1, 0.15) is 0 Å². The minimum Gasteiger partial charge on any atom is -0.395 e. The van der Waals surface area contributed by atoms with Crippen LogP contribution in [0.15, 0.2) is 24.4 Å². The molecule has 1 N–H and O–H groups in total. The molecule has 0 spiro atoms. The highest BCUT2D eigenvalue weighted by Crippen LogP contribution is 2.05. The van der Waals surface area contributed by atoms with Gasteiger partial charge in [0.25, 0.3) is 0 Å². The molecule has 0 saturated carbocycles. The summed E-state index contributed by atoms with van der Waals surface area (Å²) in [6.45, 7) is 3.06. The maximum absolute atomic E-state index is 8.64. The van der Waals surface area contributed by atoms with Crippen LogP contribution in [0.3, 0.4) is 0 Å². The summed E-state index contributed by atoms with van der Waals surface area (Å²) < 4.78 is 0. The van der Waals surface area contributed by atoms with Crippen LogP contribution in [0.4, 0.5) is 0 Å². The fourth-order valence-electron chi connectivity index (χ4n) is 1.03. The molecule has 0 fully saturated rings. The Morgan fingerprint density at radius 1 is 1.50 bits per heavy atom. The highest BCUT2D eigenvalue weighted by molar-refractivity contribution is 5.11. The molecule has 0 aromatic carbocycles. The molecule has 1 rings (SSSR count). The summed E-state index contributed by atoms with van der Waals surface area (Å²) in [6, 6.07) is 0.428. The standard InChI is InChI=1S/C8H13NO/c1-8-4-2-3-5-9(8)6-7-10/h2-5,8,10H,6-7H2,1H3. The lowest BCUT2D eigenvalue weighted by Crippen LogP contribution is -2.30. The number of aliphatic hydroxyl groups is 1. The summed E-state index contributed by atoms with van der Waals surface area (Å²) in [5.41, 5.74) is 0. The monoisotopic (exact) mass is 139 g/mol. The second kappa shape index (κ2) is 3.42. The first-order valence-corrected chi connectivity index (χ1v) is 3.56. The Balaban J connectivity index is 2.44. The molecule has 0 amide bonds. The Morgan fingerprint density at radius 3 is 2.90 bits per heavy atom. The molecule has 0 radical (unpaired) electrons. The number of allylic oxidation sites excluding steroid dienone is 2. The predicted molar refractivity (Wildman–Crippen MR) is 41.5 cm³/mol. The lowest BCUT2D eigenvalue weighted by atomic mass is 10.2. The fraction of sp³-hybridized carbons (Fsp3) is 0.500. The van der Waals surface area contributed by atoms with E-state index in [2.05, 4.69) is 17.9 Å². The molecule has 2 nitrogen and oxygen atoms in total. The molecule has 56 valence electrons. The lowest BCUT2D eigenvalue weighted by Gasteiger charge is -2.26. The van der Waals surface area contributed by atoms with Crippen molar-refractivity contribution in [3.05, 3.63) is 24.4 Å². The Hall–Kier alpha value is -0.760. The number of hydrogen-bond acceptors (Lipinski definition) is 2. The van der Waals surface area contributed by atoms with Crippen molar-refractivity contribution in [2.24, 2.45) is 0 Å². The van der Waals surface area contributed by atoms with Crippen molar-refractivity contribution in [1.82, 2.24) is 4.90 Å². The largest absolute Gasteiger partial charge is 0.395 e. The van der Waals surface area contributed by atoms with E-state index in [4.69, 9.17) is 5.11 Å². The van der Waals surface area contributed by atoms with Crippen LogP contribution >= 0.6 is 0 Å². The van der Waals surface area contributed by atoms with Gasteiger partial charge in [0.2, 0.25) is 0 Å². The van der Waals surface area contributed by atoms with E-state index < -0.39 is 0 Å². The van der Waals surface area contributed by atoms with E-state index in [1.54, 1.807) is 0 Å². The third kappa shape index (κ3) is 1.61. The Labute approximate surface area is 61.5 Å². The molecule has 0 bridgehead atoms. The van der Waals surface area contributed by atoms with Crippen LogP contribution in [-0.2, 0) is 0 Å². The SMILES string of the molecule is CC1C=CC=CN1CCO. The molecular weight excluding hydrogens is 126 g/mol. The molecule has 1 heterocycles. The average molecular weight is 139 g/mol. The van der Waals surface area contributed by atoms with Crippen molar-refractivity contribution in [3.63, 3.8) is 0 Å². The van der Waals surface area contributed by atoms with Crippen molar-refractivity contribution in [3.8, 4) is 0 Å². The zero-order chi connectivity index (χ0) is 7.40. The molecule has 0 saturated heterocycles. The smallest absolute Gasteiger partial charge is 0.0606 e. The van der Waals surface area contributed by atoms with Gasteiger partial charge in [-0.15, -0.1) is 0 Å². The number of nitrogens with zero attached hydrogens (tertiary/aromatic N) is 1. The topological polar surface area (TPSA) is 23.5 Å². The second-order valence-electron chi connectivity index (χ2n) is 2.43. The van der Waals surface area contributed by atoms with Gasteiger partial charge in [-0.3, -0.25) is 0 Å². The van der Waals surface area contributed by atoms with Crippen LogP contribution in [0.2, 0.25) is 0 Å². The first-order chi connectivity index (χ1) is 4.84. The van der Waals surface area contributed by atoms with Gasteiger partial charge in [-0.05, 0) is 19.2 Å². The molecule has 1 unspecified atom stereocenters. The Morgan fingerprint density at radius 2 is 2.30 bits per heavy atom. The summed E-state index contributed by atoms with van der Waals surface area (Å²) >= 11 is 0. The molecule has 0 aliphatic carbocycles. The van der Waals surface area contributed by atoms with E-state index in [-0.39, 0.29) is 6.61 Å². The maximum atomic E-state index is 8.64. The first-order valence-electron chi connectivity index (χ1n) is 3.56. The molecule has 0 aromatic rings. The highest BCUT2D eigenvalue weighted by Gasteiger charge is 2.06. The predicted octanol–water partition coefficient (Wildman–Crippen LogP) is 0.753. The van der Waals surface area contributed by atoms with Gasteiger partial charge in [0, 0.05) is 12.6 Å². The van der Waals surface area contributed by atoms with Crippen molar-refractivity contribution >= 4 is 0 Å². The lowest BCUT2D eigenvalue weighted by molar-refractivity contribution is 0.222. The van der Waals surface area contributed by atoms with Crippen LogP contribution in [0, 0.1) is 0 Å². The molecule has 10 heavy (non-hydrogen) atoms. The van der Waals surface area contributed by atoms with Crippen molar-refractivity contribution in [2.75, 3.05) is 13.2 Å². The van der Waals surface area contributed by atoms with E-state index in [0.29, 0.717) is 6.04 Å². The second-order valence-corrected chi connectivity index (χ2v) is 2.43. The van der Waals surface area contributed by atoms with Crippen molar-refractivity contribution < 1.29 is 5.11 Å². The normalized spacial score (nSPS) is 23.8. The molecular formula is C8H13NO. The van der Waals surface area contributed by atoms with Crippen LogP contribution < -0.4 is 0 Å². The van der Waals surface area contributed by atoms with Gasteiger partial charge in [-0.25, -0.2) is 0 Å². The first kappa shape index (κ1) is 7.35. The van der Waals surface area contributed by atoms with Crippen molar-refractivity contribution in [1.29, 1.82) is 0 Å². The summed E-state index contributed by atoms with van der Waals surface area (Å²) in [7, 11) is 0. The van der Waals surface area contributed by atoms with Crippen molar-refractivity contribution in [2.45, 2.75) is 13.0 Å². The molecule has 1 aliphatic rings. The summed E-state index contributed by atoms with van der Waals surface area (Å²) in [4.78, 5) is 2.10. The summed E-state index contributed by atoms with van der Waals surface area (Å²) in [6.07, 6.45) is 8.12. The van der Waals surface area contributed by atoms with E-state index in [1.165, 1.54) is 0 Å². The van der Waals surface area contributed by atoms with E-state index in [0.717, 1.165) is 6.54 Å². The number of aliphatic hydroxyl groups excluding tert-OH is 1. The van der Waals surface area contributed by atoms with Crippen LogP contribution in [0.5, 0.6) is 0 Å². The number of β-amino-alcohol motifs (C(OH)–C–C–N with tert-alkyl or cyclic N) is 1. The van der Waals surface area contributed by atoms with Gasteiger partial charge in [-0.1, -0.05) is 12.2 Å². The van der Waals surface area contributed by atoms with Gasteiger partial charge in [0.15, 0.2) is 0 Å². The quantitative estimate of drug-likeness (QED) is 0.610. The molecule has 1 atom stereocenters. The highest BCUT2D eigenvalue weighted by atomic mass is 16.3. The van der Waals surface area contributed by atoms with E-state index in [1.807, 2.05) is 18.4 Å². The fourth-order valence-corrected chi connectivity index (χ4v) is 1.03. The third-order valence-electron chi connectivity index (χ3n) is 1.66. The Kier molecular flexibility index (Phi) is 2.51. The average Bonchev–Trinajstić information content (AvgIpc) is 1.94. The number of hydrogen-bond donors (Lipinski definition) is 1. The van der Waals surface area contributed by atoms with Gasteiger partial charge < -0.3 is 10.0 Å². The van der Waals surface area contributed by atoms with E-state index in [9.17, 15) is 0 Å². The van der Waals surface area contributed by atoms with Gasteiger partial charge >= 0.3 is 0 Å². The van der Waals surface area contributed by atoms with Crippen LogP contribution in [0.1, 0.15) is 6.92 Å². The minimum absolute atomic E-state index is 0.225. The summed E-state index contributed by atoms with van der Waals surface area (Å²) in [5.74, 6) is 0. The minimum atomic E-state index is 0.225. The van der Waals surface area contributed by atoms with Crippen LogP contribution in [-0.4, -0.2) is 29.2 Å². The van der Waals surface area contributed by atoms with E-state index >= 15 is 0 Å². The maximum Gasteiger partial charge on any atom is 0.0606 e. The van der Waals surface area contributed by atoms with Gasteiger partial charge in [-0.2, -0.15) is 0 Å². The number of rotatable bonds is 2. The summed E-state index contributed by atoms with van der Waals surface area (Å²) in [5, 5.41) is 8.64. The zero-order valence-corrected chi connectivity index (χ0v) is 6.20. The molecule has 2 heteroatoms. The third-order valence-corrected chi connectivity index (χ3v) is 1.66.